The molecule has 0 aliphatic rings. The summed E-state index contributed by atoms with van der Waals surface area (Å²) in [7, 11) is -2.25. The van der Waals surface area contributed by atoms with E-state index < -0.39 is 22.0 Å². The highest BCUT2D eigenvalue weighted by Gasteiger charge is 2.29. The van der Waals surface area contributed by atoms with Crippen LogP contribution in [-0.2, 0) is 19.6 Å². The molecule has 3 aromatic carbocycles. The van der Waals surface area contributed by atoms with Gasteiger partial charge in [0.15, 0.2) is 6.61 Å². The molecule has 2 N–H and O–H groups in total. The van der Waals surface area contributed by atoms with E-state index in [0.29, 0.717) is 40.8 Å². The van der Waals surface area contributed by atoms with Crippen LogP contribution in [0.1, 0.15) is 19.4 Å². The van der Waals surface area contributed by atoms with Crippen LogP contribution in [0.5, 0.6) is 17.2 Å². The van der Waals surface area contributed by atoms with Gasteiger partial charge in [-0.1, -0.05) is 12.1 Å². The summed E-state index contributed by atoms with van der Waals surface area (Å²) in [5.74, 6) is 0.635. The van der Waals surface area contributed by atoms with Crippen molar-refractivity contribution >= 4 is 39.4 Å². The van der Waals surface area contributed by atoms with Crippen molar-refractivity contribution in [1.29, 1.82) is 0 Å². The summed E-state index contributed by atoms with van der Waals surface area (Å²) in [6, 6.07) is 19.1. The minimum Gasteiger partial charge on any atom is -0.495 e. The summed E-state index contributed by atoms with van der Waals surface area (Å²) in [4.78, 5) is 24.9. The lowest BCUT2D eigenvalue weighted by molar-refractivity contribution is -0.121. The van der Waals surface area contributed by atoms with E-state index in [0.717, 1.165) is 10.6 Å². The Labute approximate surface area is 233 Å². The number of ether oxygens (including phenoxy) is 3. The number of hydrazone groups is 1. The maximum absolute atomic E-state index is 12.7. The molecule has 0 spiro atoms. The Balaban J connectivity index is 1.54. The van der Waals surface area contributed by atoms with Crippen LogP contribution in [0.4, 0.5) is 11.4 Å². The molecule has 0 bridgehead atoms. The second-order valence-corrected chi connectivity index (χ2v) is 10.4. The van der Waals surface area contributed by atoms with Gasteiger partial charge in [-0.3, -0.25) is 13.9 Å². The minimum atomic E-state index is -3.77. The molecule has 0 aliphatic carbocycles. The first-order chi connectivity index (χ1) is 19.1. The zero-order valence-corrected chi connectivity index (χ0v) is 23.5. The highest BCUT2D eigenvalue weighted by Crippen LogP contribution is 2.24. The molecule has 0 radical (unpaired) electrons. The third-order valence-electron chi connectivity index (χ3n) is 5.51. The minimum absolute atomic E-state index is 0.204. The Morgan fingerprint density at radius 2 is 1.60 bits per heavy atom. The van der Waals surface area contributed by atoms with E-state index in [1.54, 1.807) is 72.8 Å². The van der Waals surface area contributed by atoms with E-state index in [-0.39, 0.29) is 12.5 Å². The molecule has 0 saturated heterocycles. The zero-order valence-electron chi connectivity index (χ0n) is 22.7. The fourth-order valence-electron chi connectivity index (χ4n) is 3.66. The predicted octanol–water partition coefficient (Wildman–Crippen LogP) is 3.42. The van der Waals surface area contributed by atoms with Crippen LogP contribution in [0.25, 0.3) is 0 Å². The smallest absolute Gasteiger partial charge is 0.263 e. The van der Waals surface area contributed by atoms with Crippen molar-refractivity contribution in [3.8, 4) is 17.2 Å². The monoisotopic (exact) mass is 568 g/mol. The largest absolute Gasteiger partial charge is 0.495 e. The Bertz CT molecular complexity index is 1430. The number of nitrogens with zero attached hydrogens (tertiary/aromatic N) is 2. The number of anilines is 2. The third-order valence-corrected chi connectivity index (χ3v) is 6.75. The molecule has 1 atom stereocenters. The van der Waals surface area contributed by atoms with Crippen LogP contribution in [0.2, 0.25) is 0 Å². The van der Waals surface area contributed by atoms with Crippen molar-refractivity contribution in [3.05, 3.63) is 78.4 Å². The van der Waals surface area contributed by atoms with E-state index in [1.807, 2.05) is 6.92 Å². The van der Waals surface area contributed by atoms with Gasteiger partial charge in [-0.15, -0.1) is 0 Å². The molecular formula is C28H32N4O7S. The van der Waals surface area contributed by atoms with E-state index in [9.17, 15) is 18.0 Å². The van der Waals surface area contributed by atoms with Crippen LogP contribution in [-0.4, -0.2) is 59.1 Å². The predicted molar refractivity (Wildman–Crippen MR) is 154 cm³/mol. The number of benzene rings is 3. The van der Waals surface area contributed by atoms with Crippen LogP contribution >= 0.6 is 0 Å². The Morgan fingerprint density at radius 1 is 0.975 bits per heavy atom. The first-order valence-electron chi connectivity index (χ1n) is 12.3. The number of amides is 2. The lowest BCUT2D eigenvalue weighted by Crippen LogP contribution is -2.46. The second kappa shape index (κ2) is 14.0. The quantitative estimate of drug-likeness (QED) is 0.238. The van der Waals surface area contributed by atoms with Gasteiger partial charge in [0.1, 0.15) is 23.3 Å². The van der Waals surface area contributed by atoms with E-state index in [1.165, 1.54) is 20.2 Å². The van der Waals surface area contributed by atoms with Crippen molar-refractivity contribution in [2.45, 2.75) is 19.9 Å². The number of hydrogen-bond donors (Lipinski definition) is 2. The molecule has 0 unspecified atom stereocenters. The SMILES string of the molecule is CCOc1ccc(N([C@@H](C)C(=O)NN=Cc2ccc(OCC(=O)Nc3ccccc3OC)cc2)S(C)(=O)=O)cc1. The molecule has 0 aromatic heterocycles. The van der Waals surface area contributed by atoms with E-state index in [2.05, 4.69) is 15.8 Å². The Kier molecular flexibility index (Phi) is 10.5. The highest BCUT2D eigenvalue weighted by molar-refractivity contribution is 7.92. The van der Waals surface area contributed by atoms with Gasteiger partial charge in [-0.05, 0) is 80.1 Å². The molecule has 0 aliphatic heterocycles. The molecule has 0 heterocycles. The van der Waals surface area contributed by atoms with Gasteiger partial charge in [-0.2, -0.15) is 5.10 Å². The van der Waals surface area contributed by atoms with Crippen LogP contribution < -0.4 is 29.3 Å². The maximum Gasteiger partial charge on any atom is 0.263 e. The van der Waals surface area contributed by atoms with Crippen molar-refractivity contribution in [1.82, 2.24) is 5.43 Å². The van der Waals surface area contributed by atoms with Gasteiger partial charge < -0.3 is 19.5 Å². The summed E-state index contributed by atoms with van der Waals surface area (Å²) in [5.41, 5.74) is 3.89. The normalized spacial score (nSPS) is 11.9. The van der Waals surface area contributed by atoms with Gasteiger partial charge in [0.25, 0.3) is 11.8 Å². The highest BCUT2D eigenvalue weighted by atomic mass is 32.2. The average Bonchev–Trinajstić information content (AvgIpc) is 2.93. The van der Waals surface area contributed by atoms with Crippen LogP contribution in [0.3, 0.4) is 0 Å². The second-order valence-electron chi connectivity index (χ2n) is 8.50. The van der Waals surface area contributed by atoms with E-state index in [4.69, 9.17) is 14.2 Å². The van der Waals surface area contributed by atoms with Crippen molar-refractivity contribution < 1.29 is 32.2 Å². The molecule has 212 valence electrons. The summed E-state index contributed by atoms with van der Waals surface area (Å²) >= 11 is 0. The van der Waals surface area contributed by atoms with Gasteiger partial charge in [-0.25, -0.2) is 13.8 Å². The third kappa shape index (κ3) is 8.46. The number of carbonyl (C=O) groups is 2. The van der Waals surface area contributed by atoms with Crippen LogP contribution in [0, 0.1) is 0 Å². The molecule has 0 fully saturated rings. The number of sulfonamides is 1. The van der Waals surface area contributed by atoms with Crippen molar-refractivity contribution in [2.24, 2.45) is 5.10 Å². The van der Waals surface area contributed by atoms with Gasteiger partial charge in [0, 0.05) is 0 Å². The molecule has 40 heavy (non-hydrogen) atoms. The molecular weight excluding hydrogens is 536 g/mol. The summed E-state index contributed by atoms with van der Waals surface area (Å²) in [6.07, 6.45) is 2.44. The fraction of sp³-hybridized carbons (Fsp3) is 0.250. The standard InChI is InChI=1S/C28H32N4O7S/c1-5-38-23-16-12-22(13-17-23)32(40(4,35)36)20(2)28(34)31-29-18-21-10-14-24(15-11-21)39-19-27(33)30-25-8-6-7-9-26(25)37-3/h6-18,20H,5,19H2,1-4H3,(H,30,33)(H,31,34)/t20-/m0/s1. The number of nitrogens with one attached hydrogen (secondary N) is 2. The number of para-hydroxylation sites is 2. The molecule has 3 rings (SSSR count). The average molecular weight is 569 g/mol. The number of carbonyl (C=O) groups excluding carboxylic acids is 2. The van der Waals surface area contributed by atoms with Crippen molar-refractivity contribution in [3.63, 3.8) is 0 Å². The first-order valence-corrected chi connectivity index (χ1v) is 14.2. The zero-order chi connectivity index (χ0) is 29.1. The molecule has 0 saturated carbocycles. The fourth-order valence-corrected chi connectivity index (χ4v) is 4.84. The number of methoxy groups -OCH3 is 1. The van der Waals surface area contributed by atoms with Gasteiger partial charge in [0.2, 0.25) is 10.0 Å². The lowest BCUT2D eigenvalue weighted by Gasteiger charge is -2.27. The summed E-state index contributed by atoms with van der Waals surface area (Å²) in [5, 5.41) is 6.67. The lowest BCUT2D eigenvalue weighted by atomic mass is 10.2. The molecule has 12 heteroatoms. The number of rotatable bonds is 13. The summed E-state index contributed by atoms with van der Waals surface area (Å²) in [6.45, 7) is 3.59. The molecule has 3 aromatic rings. The summed E-state index contributed by atoms with van der Waals surface area (Å²) < 4.78 is 42.1. The van der Waals surface area contributed by atoms with Gasteiger partial charge in [0.05, 0.1) is 37.6 Å². The topological polar surface area (TPSA) is 136 Å². The Morgan fingerprint density at radius 3 is 2.23 bits per heavy atom. The Hall–Kier alpha value is -4.58. The van der Waals surface area contributed by atoms with E-state index >= 15 is 0 Å². The van der Waals surface area contributed by atoms with Gasteiger partial charge >= 0.3 is 0 Å². The molecule has 2 amide bonds. The maximum atomic E-state index is 12.7. The van der Waals surface area contributed by atoms with Crippen molar-refractivity contribution in [2.75, 3.05) is 36.2 Å². The first kappa shape index (κ1) is 30.0. The number of hydrogen-bond acceptors (Lipinski definition) is 8. The molecule has 11 nitrogen and oxygen atoms in total. The van der Waals surface area contributed by atoms with Crippen LogP contribution in [0.15, 0.2) is 77.9 Å².